The molecule has 0 aliphatic heterocycles. The topological polar surface area (TPSA) is 83.3 Å². The third-order valence-corrected chi connectivity index (χ3v) is 5.00. The molecule has 0 fully saturated rings. The number of rotatable bonds is 6. The van der Waals surface area contributed by atoms with Crippen LogP contribution in [0.4, 0.5) is 0 Å². The Kier molecular flexibility index (Phi) is 5.53. The van der Waals surface area contributed by atoms with E-state index in [4.69, 9.17) is 9.47 Å². The summed E-state index contributed by atoms with van der Waals surface area (Å²) < 4.78 is 12.3. The van der Waals surface area contributed by atoms with Gasteiger partial charge < -0.3 is 14.0 Å². The van der Waals surface area contributed by atoms with Crippen LogP contribution in [0.15, 0.2) is 65.7 Å². The molecule has 31 heavy (non-hydrogen) atoms. The van der Waals surface area contributed by atoms with E-state index in [-0.39, 0.29) is 11.0 Å². The molecule has 0 aliphatic rings. The molecule has 0 amide bonds. The molecule has 7 nitrogen and oxygen atoms in total. The molecule has 0 spiro atoms. The molecule has 154 valence electrons. The van der Waals surface area contributed by atoms with Crippen LogP contribution in [0, 0.1) is 0 Å². The molecule has 0 aliphatic carbocycles. The summed E-state index contributed by atoms with van der Waals surface area (Å²) in [5.41, 5.74) is 2.21. The third-order valence-electron chi connectivity index (χ3n) is 5.00. The summed E-state index contributed by atoms with van der Waals surface area (Å²) in [6.07, 6.45) is 3.18. The molecule has 0 atom stereocenters. The van der Waals surface area contributed by atoms with Gasteiger partial charge in [0.25, 0.3) is 0 Å². The number of pyridine rings is 3. The van der Waals surface area contributed by atoms with Crippen molar-refractivity contribution in [1.29, 1.82) is 0 Å². The fourth-order valence-corrected chi connectivity index (χ4v) is 3.50. The van der Waals surface area contributed by atoms with E-state index < -0.39 is 5.78 Å². The molecular formula is C23H20BN3O4. The Balaban J connectivity index is 1.85. The smallest absolute Gasteiger partial charge is 0.202 e. The maximum absolute atomic E-state index is 13.3. The molecule has 0 N–H and O–H groups in total. The van der Waals surface area contributed by atoms with E-state index in [1.54, 1.807) is 47.3 Å². The largest absolute Gasteiger partial charge is 0.493 e. The van der Waals surface area contributed by atoms with Crippen molar-refractivity contribution in [2.45, 2.75) is 6.54 Å². The van der Waals surface area contributed by atoms with Gasteiger partial charge in [0, 0.05) is 18.0 Å². The average molecular weight is 413 g/mol. The van der Waals surface area contributed by atoms with Crippen molar-refractivity contribution in [2.24, 2.45) is 0 Å². The lowest BCUT2D eigenvalue weighted by atomic mass is 10.0. The van der Waals surface area contributed by atoms with E-state index in [2.05, 4.69) is 9.97 Å². The van der Waals surface area contributed by atoms with Gasteiger partial charge in [-0.2, -0.15) is 0 Å². The predicted octanol–water partition coefficient (Wildman–Crippen LogP) is 1.35. The van der Waals surface area contributed by atoms with E-state index in [1.807, 2.05) is 26.0 Å². The highest BCUT2D eigenvalue weighted by Gasteiger charge is 2.19. The van der Waals surface area contributed by atoms with E-state index in [9.17, 15) is 9.59 Å². The zero-order valence-electron chi connectivity index (χ0n) is 17.5. The molecule has 1 aromatic carbocycles. The third kappa shape index (κ3) is 3.92. The summed E-state index contributed by atoms with van der Waals surface area (Å²) in [6.45, 7) is 0.377. The molecule has 4 aromatic rings. The number of aromatic nitrogens is 3. The molecule has 0 saturated heterocycles. The van der Waals surface area contributed by atoms with E-state index in [1.165, 1.54) is 14.2 Å². The van der Waals surface area contributed by atoms with Gasteiger partial charge in [0.05, 0.1) is 37.4 Å². The van der Waals surface area contributed by atoms with Crippen LogP contribution in [0.2, 0.25) is 0 Å². The zero-order chi connectivity index (χ0) is 22.0. The van der Waals surface area contributed by atoms with Crippen LogP contribution in [0.25, 0.3) is 11.0 Å². The predicted molar refractivity (Wildman–Crippen MR) is 120 cm³/mol. The average Bonchev–Trinajstić information content (AvgIpc) is 2.80. The lowest BCUT2D eigenvalue weighted by Gasteiger charge is -2.13. The number of fused-ring (bicyclic) bond motifs is 1. The van der Waals surface area contributed by atoms with Crippen LogP contribution >= 0.6 is 0 Å². The Bertz CT molecular complexity index is 1350. The number of hydrogen-bond donors (Lipinski definition) is 0. The summed E-state index contributed by atoms with van der Waals surface area (Å²) in [5.74, 6) is 0.521. The van der Waals surface area contributed by atoms with Gasteiger partial charge in [-0.3, -0.25) is 14.6 Å². The molecule has 0 bridgehead atoms. The number of methoxy groups -OCH3 is 2. The number of hydrogen-bond acceptors (Lipinski definition) is 6. The van der Waals surface area contributed by atoms with Crippen LogP contribution in [-0.2, 0) is 6.54 Å². The Labute approximate surface area is 179 Å². The van der Waals surface area contributed by atoms with E-state index in [0.717, 1.165) is 11.3 Å². The second-order valence-corrected chi connectivity index (χ2v) is 7.04. The van der Waals surface area contributed by atoms with Crippen LogP contribution in [0.1, 0.15) is 21.6 Å². The Hall–Kier alpha value is -3.94. The van der Waals surface area contributed by atoms with E-state index in [0.29, 0.717) is 34.6 Å². The number of benzene rings is 1. The minimum absolute atomic E-state index is 0.0559. The number of carbonyl (C=O) groups is 1. The van der Waals surface area contributed by atoms with Crippen molar-refractivity contribution in [2.75, 3.05) is 14.2 Å². The standard InChI is InChI=1S/C23H20BN3O4/c1-30-18-9-8-14(11-19(18)31-2)21(28)17-13-27(12-15-5-3-7-20(24)26-15)23-16(22(17)29)6-4-10-25-23/h3-11,13H,12,24H2,1-2H3. The maximum Gasteiger partial charge on any atom is 0.202 e. The molecular weight excluding hydrogens is 393 g/mol. The molecule has 3 aromatic heterocycles. The molecule has 8 heteroatoms. The summed E-state index contributed by atoms with van der Waals surface area (Å²) in [6, 6.07) is 13.9. The Morgan fingerprint density at radius 1 is 1.06 bits per heavy atom. The summed E-state index contributed by atoms with van der Waals surface area (Å²) in [7, 11) is 4.93. The number of nitrogens with zero attached hydrogens (tertiary/aromatic N) is 3. The maximum atomic E-state index is 13.3. The van der Waals surface area contributed by atoms with Gasteiger partial charge in [0.15, 0.2) is 25.1 Å². The molecule has 0 radical (unpaired) electrons. The van der Waals surface area contributed by atoms with Crippen molar-refractivity contribution in [3.05, 3.63) is 88.0 Å². The SMILES string of the molecule is Bc1cccc(Cn2cc(C(=O)c3ccc(OC)c(OC)c3)c(=O)c3cccnc32)n1. The highest BCUT2D eigenvalue weighted by molar-refractivity contribution is 6.30. The lowest BCUT2D eigenvalue weighted by Crippen LogP contribution is -2.21. The first-order valence-electron chi connectivity index (χ1n) is 9.69. The van der Waals surface area contributed by atoms with Gasteiger partial charge in [0.1, 0.15) is 5.65 Å². The molecule has 4 rings (SSSR count). The fraction of sp³-hybridized carbons (Fsp3) is 0.130. The van der Waals surface area contributed by atoms with Gasteiger partial charge in [-0.1, -0.05) is 12.1 Å². The Morgan fingerprint density at radius 2 is 1.87 bits per heavy atom. The van der Waals surface area contributed by atoms with Crippen molar-refractivity contribution in [1.82, 2.24) is 14.5 Å². The van der Waals surface area contributed by atoms with Crippen molar-refractivity contribution >= 4 is 30.3 Å². The Morgan fingerprint density at radius 3 is 2.61 bits per heavy atom. The van der Waals surface area contributed by atoms with Crippen LogP contribution in [0.3, 0.4) is 0 Å². The second kappa shape index (κ2) is 8.43. The van der Waals surface area contributed by atoms with Crippen molar-refractivity contribution < 1.29 is 14.3 Å². The first-order valence-corrected chi connectivity index (χ1v) is 9.69. The quantitative estimate of drug-likeness (QED) is 0.351. The monoisotopic (exact) mass is 413 g/mol. The first-order chi connectivity index (χ1) is 15.0. The van der Waals surface area contributed by atoms with Crippen LogP contribution in [0.5, 0.6) is 11.5 Å². The molecule has 0 unspecified atom stereocenters. The normalized spacial score (nSPS) is 10.8. The molecule has 3 heterocycles. The number of ketones is 1. The first kappa shape index (κ1) is 20.3. The number of ether oxygens (including phenoxy) is 2. The highest BCUT2D eigenvalue weighted by Crippen LogP contribution is 2.28. The van der Waals surface area contributed by atoms with Gasteiger partial charge in [-0.05, 0) is 42.0 Å². The fourth-order valence-electron chi connectivity index (χ4n) is 3.50. The zero-order valence-corrected chi connectivity index (χ0v) is 17.5. The summed E-state index contributed by atoms with van der Waals surface area (Å²) >= 11 is 0. The van der Waals surface area contributed by atoms with Gasteiger partial charge in [0.2, 0.25) is 5.43 Å². The molecule has 0 saturated carbocycles. The minimum atomic E-state index is -0.400. The minimum Gasteiger partial charge on any atom is -0.493 e. The van der Waals surface area contributed by atoms with Gasteiger partial charge in [-0.25, -0.2) is 4.98 Å². The van der Waals surface area contributed by atoms with Crippen molar-refractivity contribution in [3.8, 4) is 11.5 Å². The van der Waals surface area contributed by atoms with Crippen LogP contribution < -0.4 is 20.5 Å². The highest BCUT2D eigenvalue weighted by atomic mass is 16.5. The van der Waals surface area contributed by atoms with E-state index >= 15 is 0 Å². The van der Waals surface area contributed by atoms with Gasteiger partial charge >= 0.3 is 0 Å². The van der Waals surface area contributed by atoms with Crippen LogP contribution in [-0.4, -0.2) is 42.4 Å². The summed E-state index contributed by atoms with van der Waals surface area (Å²) in [4.78, 5) is 35.3. The number of carbonyl (C=O) groups excluding carboxylic acids is 1. The van der Waals surface area contributed by atoms with Crippen molar-refractivity contribution in [3.63, 3.8) is 0 Å². The lowest BCUT2D eigenvalue weighted by molar-refractivity contribution is 0.103. The summed E-state index contributed by atoms with van der Waals surface area (Å²) in [5, 5.41) is 0.376. The second-order valence-electron chi connectivity index (χ2n) is 7.04. The van der Waals surface area contributed by atoms with Gasteiger partial charge in [-0.15, -0.1) is 0 Å².